The van der Waals surface area contributed by atoms with E-state index in [9.17, 15) is 0 Å². The summed E-state index contributed by atoms with van der Waals surface area (Å²) in [6, 6.07) is 1.12. The molecule has 1 aromatic rings. The molecule has 0 aromatic carbocycles. The van der Waals surface area contributed by atoms with Crippen LogP contribution in [0.15, 0.2) is 10.7 Å². The monoisotopic (exact) mass is 267 g/mol. The average Bonchev–Trinajstić information content (AvgIpc) is 2.70. The molecule has 0 aliphatic carbocycles. The molecule has 1 rings (SSSR count). The molecule has 0 aliphatic heterocycles. The van der Waals surface area contributed by atoms with Gasteiger partial charge in [0.2, 0.25) is 0 Å². The summed E-state index contributed by atoms with van der Waals surface area (Å²) in [5, 5.41) is 3.42. The smallest absolute Gasteiger partial charge is 0.297 e. The molecule has 1 heterocycles. The summed E-state index contributed by atoms with van der Waals surface area (Å²) < 4.78 is 5.63. The lowest BCUT2D eigenvalue weighted by Crippen LogP contribution is -2.35. The molecule has 0 bridgehead atoms. The van der Waals surface area contributed by atoms with Crippen molar-refractivity contribution < 1.29 is 4.42 Å². The van der Waals surface area contributed by atoms with Crippen molar-refractivity contribution in [2.75, 3.05) is 11.4 Å². The number of hydrogen-bond donors (Lipinski definition) is 1. The second kappa shape index (κ2) is 6.42. The van der Waals surface area contributed by atoms with Crippen LogP contribution >= 0.6 is 0 Å². The standard InChI is InChI=1S/C15H29N3O/c1-11(2)9-18(12(3)4)14-17-13(10-19-14)8-16-15(5,6)7/h10-12,16H,8-9H2,1-7H3. The molecule has 0 aliphatic rings. The SMILES string of the molecule is CC(C)CN(c1nc(CNC(C)(C)C)co1)C(C)C. The fourth-order valence-electron chi connectivity index (χ4n) is 1.77. The minimum Gasteiger partial charge on any atom is -0.432 e. The van der Waals surface area contributed by atoms with E-state index in [-0.39, 0.29) is 5.54 Å². The average molecular weight is 267 g/mol. The molecule has 0 saturated heterocycles. The Hall–Kier alpha value is -1.03. The summed E-state index contributed by atoms with van der Waals surface area (Å²) in [5.41, 5.74) is 1.05. The van der Waals surface area contributed by atoms with E-state index in [2.05, 4.69) is 63.7 Å². The Balaban J connectivity index is 2.70. The van der Waals surface area contributed by atoms with Crippen LogP contribution in [0.3, 0.4) is 0 Å². The Bertz CT molecular complexity index is 377. The van der Waals surface area contributed by atoms with Gasteiger partial charge in [0.25, 0.3) is 6.01 Å². The summed E-state index contributed by atoms with van der Waals surface area (Å²) in [7, 11) is 0. The fraction of sp³-hybridized carbons (Fsp3) is 0.800. The van der Waals surface area contributed by atoms with Gasteiger partial charge in [-0.1, -0.05) is 13.8 Å². The maximum atomic E-state index is 5.63. The number of hydrogen-bond acceptors (Lipinski definition) is 4. The Labute approximate surface area is 117 Å². The molecule has 0 atom stereocenters. The number of oxazole rings is 1. The second-order valence-electron chi connectivity index (χ2n) is 6.86. The van der Waals surface area contributed by atoms with E-state index in [4.69, 9.17) is 4.42 Å². The zero-order valence-electron chi connectivity index (χ0n) is 13.4. The quantitative estimate of drug-likeness (QED) is 0.857. The fourth-order valence-corrected chi connectivity index (χ4v) is 1.77. The minimum absolute atomic E-state index is 0.0920. The molecule has 0 radical (unpaired) electrons. The predicted octanol–water partition coefficient (Wildman–Crippen LogP) is 3.43. The van der Waals surface area contributed by atoms with Gasteiger partial charge < -0.3 is 14.6 Å². The second-order valence-corrected chi connectivity index (χ2v) is 6.86. The molecule has 0 fully saturated rings. The summed E-state index contributed by atoms with van der Waals surface area (Å²) in [6.07, 6.45) is 1.75. The highest BCUT2D eigenvalue weighted by Crippen LogP contribution is 2.18. The van der Waals surface area contributed by atoms with E-state index in [1.807, 2.05) is 0 Å². The third-order valence-corrected chi connectivity index (χ3v) is 2.77. The van der Waals surface area contributed by atoms with Crippen LogP contribution in [0.5, 0.6) is 0 Å². The molecular formula is C15H29N3O. The third kappa shape index (κ3) is 5.64. The number of aromatic nitrogens is 1. The topological polar surface area (TPSA) is 41.3 Å². The third-order valence-electron chi connectivity index (χ3n) is 2.77. The number of nitrogens with zero attached hydrogens (tertiary/aromatic N) is 2. The van der Waals surface area contributed by atoms with Gasteiger partial charge >= 0.3 is 0 Å². The predicted molar refractivity (Wildman–Crippen MR) is 80.4 cm³/mol. The Morgan fingerprint density at radius 3 is 2.37 bits per heavy atom. The summed E-state index contributed by atoms with van der Waals surface area (Å²) in [6.45, 7) is 16.9. The Morgan fingerprint density at radius 2 is 1.89 bits per heavy atom. The first kappa shape index (κ1) is 16.0. The van der Waals surface area contributed by atoms with Gasteiger partial charge in [0.15, 0.2) is 0 Å². The zero-order chi connectivity index (χ0) is 14.6. The normalized spacial score (nSPS) is 12.5. The summed E-state index contributed by atoms with van der Waals surface area (Å²) >= 11 is 0. The van der Waals surface area contributed by atoms with Crippen LogP contribution in [-0.4, -0.2) is 23.1 Å². The first-order valence-corrected chi connectivity index (χ1v) is 7.15. The van der Waals surface area contributed by atoms with Crippen molar-refractivity contribution in [1.29, 1.82) is 0 Å². The molecule has 1 aromatic heterocycles. The van der Waals surface area contributed by atoms with Gasteiger partial charge in [-0.25, -0.2) is 0 Å². The number of anilines is 1. The molecule has 19 heavy (non-hydrogen) atoms. The van der Waals surface area contributed by atoms with Gasteiger partial charge in [0.1, 0.15) is 6.26 Å². The van der Waals surface area contributed by atoms with Gasteiger partial charge in [-0.15, -0.1) is 0 Å². The molecule has 4 nitrogen and oxygen atoms in total. The van der Waals surface area contributed by atoms with Crippen LogP contribution in [-0.2, 0) is 6.54 Å². The Kier molecular flexibility index (Phi) is 5.41. The van der Waals surface area contributed by atoms with Crippen LogP contribution in [0.1, 0.15) is 54.2 Å². The van der Waals surface area contributed by atoms with Gasteiger partial charge in [0.05, 0.1) is 5.69 Å². The molecule has 0 unspecified atom stereocenters. The van der Waals surface area contributed by atoms with E-state index >= 15 is 0 Å². The maximum Gasteiger partial charge on any atom is 0.297 e. The number of nitrogens with one attached hydrogen (secondary N) is 1. The van der Waals surface area contributed by atoms with E-state index in [1.54, 1.807) is 6.26 Å². The lowest BCUT2D eigenvalue weighted by Gasteiger charge is -2.26. The molecule has 0 spiro atoms. The van der Waals surface area contributed by atoms with Gasteiger partial charge in [0, 0.05) is 24.7 Å². The van der Waals surface area contributed by atoms with Gasteiger partial charge in [-0.2, -0.15) is 4.98 Å². The highest BCUT2D eigenvalue weighted by Gasteiger charge is 2.18. The van der Waals surface area contributed by atoms with E-state index < -0.39 is 0 Å². The van der Waals surface area contributed by atoms with Crippen LogP contribution < -0.4 is 10.2 Å². The van der Waals surface area contributed by atoms with E-state index in [0.717, 1.165) is 24.8 Å². The zero-order valence-corrected chi connectivity index (χ0v) is 13.4. The minimum atomic E-state index is 0.0920. The lowest BCUT2D eigenvalue weighted by molar-refractivity contribution is 0.420. The van der Waals surface area contributed by atoms with Crippen LogP contribution in [0.25, 0.3) is 0 Å². The van der Waals surface area contributed by atoms with Crippen LogP contribution in [0, 0.1) is 5.92 Å². The molecule has 4 heteroatoms. The van der Waals surface area contributed by atoms with Crippen molar-refractivity contribution >= 4 is 6.01 Å². The molecule has 1 N–H and O–H groups in total. The first-order chi connectivity index (χ1) is 8.69. The lowest BCUT2D eigenvalue weighted by atomic mass is 10.1. The summed E-state index contributed by atoms with van der Waals surface area (Å²) in [5.74, 6) is 0.588. The maximum absolute atomic E-state index is 5.63. The van der Waals surface area contributed by atoms with Crippen molar-refractivity contribution in [1.82, 2.24) is 10.3 Å². The highest BCUT2D eigenvalue weighted by atomic mass is 16.4. The molecule has 110 valence electrons. The first-order valence-electron chi connectivity index (χ1n) is 7.15. The van der Waals surface area contributed by atoms with Crippen molar-refractivity contribution in [3.63, 3.8) is 0 Å². The Morgan fingerprint density at radius 1 is 1.26 bits per heavy atom. The summed E-state index contributed by atoms with van der Waals surface area (Å²) in [4.78, 5) is 6.80. The van der Waals surface area contributed by atoms with Crippen LogP contribution in [0.2, 0.25) is 0 Å². The molecular weight excluding hydrogens is 238 g/mol. The van der Waals surface area contributed by atoms with Gasteiger partial charge in [-0.3, -0.25) is 0 Å². The van der Waals surface area contributed by atoms with Crippen molar-refractivity contribution in [2.24, 2.45) is 5.92 Å². The van der Waals surface area contributed by atoms with E-state index in [1.165, 1.54) is 0 Å². The van der Waals surface area contributed by atoms with Gasteiger partial charge in [-0.05, 0) is 40.5 Å². The van der Waals surface area contributed by atoms with Crippen LogP contribution in [0.4, 0.5) is 6.01 Å². The largest absolute Gasteiger partial charge is 0.432 e. The van der Waals surface area contributed by atoms with Crippen molar-refractivity contribution in [2.45, 2.75) is 66.6 Å². The van der Waals surface area contributed by atoms with Crippen molar-refractivity contribution in [3.05, 3.63) is 12.0 Å². The van der Waals surface area contributed by atoms with Crippen molar-refractivity contribution in [3.8, 4) is 0 Å². The van der Waals surface area contributed by atoms with E-state index in [0.29, 0.717) is 12.0 Å². The highest BCUT2D eigenvalue weighted by molar-refractivity contribution is 5.28. The molecule has 0 amide bonds. The molecule has 0 saturated carbocycles. The number of rotatable bonds is 6.